The van der Waals surface area contributed by atoms with E-state index in [2.05, 4.69) is 0 Å². The number of thioether (sulfide) groups is 1. The average Bonchev–Trinajstić information content (AvgIpc) is 2.93. The highest BCUT2D eigenvalue weighted by molar-refractivity contribution is 7.99. The molecule has 1 saturated heterocycles. The molecule has 22 heavy (non-hydrogen) atoms. The lowest BCUT2D eigenvalue weighted by Gasteiger charge is -2.23. The second-order valence-electron chi connectivity index (χ2n) is 4.60. The van der Waals surface area contributed by atoms with Gasteiger partial charge in [-0.25, -0.2) is 0 Å². The summed E-state index contributed by atoms with van der Waals surface area (Å²) in [5.41, 5.74) is 0.222. The second kappa shape index (κ2) is 6.78. The summed E-state index contributed by atoms with van der Waals surface area (Å²) in [4.78, 5) is 25.5. The fourth-order valence-electron chi connectivity index (χ4n) is 1.95. The summed E-state index contributed by atoms with van der Waals surface area (Å²) in [6, 6.07) is 5.40. The maximum absolute atomic E-state index is 12.4. The quantitative estimate of drug-likeness (QED) is 0.909. The van der Waals surface area contributed by atoms with Crippen molar-refractivity contribution in [3.05, 3.63) is 34.9 Å². The van der Waals surface area contributed by atoms with E-state index in [0.717, 1.165) is 0 Å². The van der Waals surface area contributed by atoms with E-state index in [1.165, 1.54) is 28.8 Å². The molecule has 1 unspecified atom stereocenters. The van der Waals surface area contributed by atoms with Crippen LogP contribution in [0.15, 0.2) is 24.3 Å². The molecule has 2 amide bonds. The van der Waals surface area contributed by atoms with Gasteiger partial charge >= 0.3 is 6.18 Å². The number of nitrogens with one attached hydrogen (secondary N) is 1. The fourth-order valence-corrected chi connectivity index (χ4v) is 3.32. The van der Waals surface area contributed by atoms with Crippen molar-refractivity contribution >= 4 is 35.2 Å². The minimum absolute atomic E-state index is 0.222. The molecule has 0 saturated carbocycles. The SMILES string of the molecule is O=C(NCC(F)(F)F)C1CSCN1C(=O)c1ccccc1Cl. The van der Waals surface area contributed by atoms with Gasteiger partial charge in [0, 0.05) is 5.75 Å². The molecule has 9 heteroatoms. The number of carbonyl (C=O) groups excluding carboxylic acids is 2. The van der Waals surface area contributed by atoms with Crippen molar-refractivity contribution in [1.82, 2.24) is 10.2 Å². The Morgan fingerprint density at radius 1 is 1.36 bits per heavy atom. The number of rotatable bonds is 3. The van der Waals surface area contributed by atoms with Gasteiger partial charge in [0.2, 0.25) is 5.91 Å². The third-order valence-corrected chi connectivity index (χ3v) is 4.35. The van der Waals surface area contributed by atoms with Gasteiger partial charge in [-0.2, -0.15) is 13.2 Å². The zero-order chi connectivity index (χ0) is 16.3. The Morgan fingerprint density at radius 3 is 2.68 bits per heavy atom. The molecule has 1 aliphatic heterocycles. The van der Waals surface area contributed by atoms with Gasteiger partial charge in [-0.15, -0.1) is 11.8 Å². The highest BCUT2D eigenvalue weighted by atomic mass is 35.5. The maximum Gasteiger partial charge on any atom is 0.405 e. The van der Waals surface area contributed by atoms with E-state index >= 15 is 0 Å². The lowest BCUT2D eigenvalue weighted by atomic mass is 10.1. The Hall–Kier alpha value is -1.41. The Balaban J connectivity index is 2.09. The molecule has 0 radical (unpaired) electrons. The Morgan fingerprint density at radius 2 is 2.05 bits per heavy atom. The molecule has 1 aliphatic rings. The molecule has 0 bridgehead atoms. The van der Waals surface area contributed by atoms with Gasteiger partial charge in [0.15, 0.2) is 0 Å². The van der Waals surface area contributed by atoms with Crippen LogP contribution in [0.5, 0.6) is 0 Å². The van der Waals surface area contributed by atoms with Crippen LogP contribution in [0.25, 0.3) is 0 Å². The average molecular weight is 353 g/mol. The molecular weight excluding hydrogens is 341 g/mol. The van der Waals surface area contributed by atoms with E-state index in [0.29, 0.717) is 0 Å². The maximum atomic E-state index is 12.4. The number of hydrogen-bond acceptors (Lipinski definition) is 3. The molecule has 120 valence electrons. The summed E-state index contributed by atoms with van der Waals surface area (Å²) in [7, 11) is 0. The van der Waals surface area contributed by atoms with Crippen LogP contribution in [-0.4, -0.2) is 47.1 Å². The molecule has 4 nitrogen and oxygen atoms in total. The first-order valence-corrected chi connectivity index (χ1v) is 7.80. The second-order valence-corrected chi connectivity index (χ2v) is 6.01. The summed E-state index contributed by atoms with van der Waals surface area (Å²) in [5, 5.41) is 2.05. The standard InChI is InChI=1S/C13H12ClF3N2O2S/c14-9-4-2-1-3-8(9)12(21)19-7-22-5-10(19)11(20)18-6-13(15,16)17/h1-4,10H,5-7H2,(H,18,20). The molecule has 0 spiro atoms. The minimum atomic E-state index is -4.49. The Labute approximate surface area is 134 Å². The van der Waals surface area contributed by atoms with Gasteiger partial charge in [0.1, 0.15) is 12.6 Å². The van der Waals surface area contributed by atoms with Crippen LogP contribution in [-0.2, 0) is 4.79 Å². The van der Waals surface area contributed by atoms with E-state index in [9.17, 15) is 22.8 Å². The van der Waals surface area contributed by atoms with Crippen molar-refractivity contribution in [2.75, 3.05) is 18.2 Å². The number of carbonyl (C=O) groups is 2. The predicted molar refractivity (Wildman–Crippen MR) is 77.8 cm³/mol. The van der Waals surface area contributed by atoms with Crippen LogP contribution >= 0.6 is 23.4 Å². The van der Waals surface area contributed by atoms with Crippen LogP contribution in [0, 0.1) is 0 Å². The van der Waals surface area contributed by atoms with Gasteiger partial charge in [0.05, 0.1) is 16.5 Å². The van der Waals surface area contributed by atoms with Gasteiger partial charge in [-0.1, -0.05) is 23.7 Å². The first kappa shape index (κ1) is 17.0. The topological polar surface area (TPSA) is 49.4 Å². The zero-order valence-electron chi connectivity index (χ0n) is 11.2. The molecule has 1 heterocycles. The third kappa shape index (κ3) is 4.07. The van der Waals surface area contributed by atoms with Gasteiger partial charge in [-0.3, -0.25) is 9.59 Å². The number of alkyl halides is 3. The molecule has 1 aromatic rings. The van der Waals surface area contributed by atoms with Crippen LogP contribution in [0.3, 0.4) is 0 Å². The molecular formula is C13H12ClF3N2O2S. The van der Waals surface area contributed by atoms with Gasteiger partial charge < -0.3 is 10.2 Å². The smallest absolute Gasteiger partial charge is 0.345 e. The molecule has 1 fully saturated rings. The van der Waals surface area contributed by atoms with Crippen LogP contribution in [0.2, 0.25) is 5.02 Å². The molecule has 1 N–H and O–H groups in total. The zero-order valence-corrected chi connectivity index (χ0v) is 12.8. The minimum Gasteiger partial charge on any atom is -0.345 e. The summed E-state index contributed by atoms with van der Waals surface area (Å²) in [6.07, 6.45) is -4.49. The van der Waals surface area contributed by atoms with Crippen LogP contribution < -0.4 is 5.32 Å². The summed E-state index contributed by atoms with van der Waals surface area (Å²) in [5.74, 6) is -0.806. The summed E-state index contributed by atoms with van der Waals surface area (Å²) < 4.78 is 36.5. The van der Waals surface area contributed by atoms with E-state index in [4.69, 9.17) is 11.6 Å². The Kier molecular flexibility index (Phi) is 5.23. The molecule has 2 rings (SSSR count). The number of hydrogen-bond donors (Lipinski definition) is 1. The van der Waals surface area contributed by atoms with Gasteiger partial charge in [-0.05, 0) is 12.1 Å². The van der Waals surface area contributed by atoms with Crippen molar-refractivity contribution in [2.24, 2.45) is 0 Å². The number of amides is 2. The van der Waals surface area contributed by atoms with E-state index < -0.39 is 30.6 Å². The molecule has 1 atom stereocenters. The van der Waals surface area contributed by atoms with Crippen LogP contribution in [0.1, 0.15) is 10.4 Å². The number of benzene rings is 1. The van der Waals surface area contributed by atoms with Gasteiger partial charge in [0.25, 0.3) is 5.91 Å². The highest BCUT2D eigenvalue weighted by Crippen LogP contribution is 2.26. The summed E-state index contributed by atoms with van der Waals surface area (Å²) in [6.45, 7) is -1.42. The lowest BCUT2D eigenvalue weighted by Crippen LogP contribution is -2.49. The van der Waals surface area contributed by atoms with Crippen molar-refractivity contribution in [3.8, 4) is 0 Å². The summed E-state index contributed by atoms with van der Waals surface area (Å²) >= 11 is 7.24. The lowest BCUT2D eigenvalue weighted by molar-refractivity contribution is -0.140. The third-order valence-electron chi connectivity index (χ3n) is 3.01. The van der Waals surface area contributed by atoms with Crippen molar-refractivity contribution < 1.29 is 22.8 Å². The normalized spacial score (nSPS) is 18.4. The van der Waals surface area contributed by atoms with Crippen molar-refractivity contribution in [1.29, 1.82) is 0 Å². The first-order valence-electron chi connectivity index (χ1n) is 6.27. The molecule has 1 aromatic carbocycles. The first-order chi connectivity index (χ1) is 10.3. The van der Waals surface area contributed by atoms with Crippen molar-refractivity contribution in [2.45, 2.75) is 12.2 Å². The van der Waals surface area contributed by atoms with Crippen molar-refractivity contribution in [3.63, 3.8) is 0 Å². The van der Waals surface area contributed by atoms with E-state index in [1.54, 1.807) is 12.1 Å². The Bertz CT molecular complexity index is 583. The fraction of sp³-hybridized carbons (Fsp3) is 0.385. The number of halogens is 4. The predicted octanol–water partition coefficient (Wildman–Crippen LogP) is 2.53. The number of nitrogens with zero attached hydrogens (tertiary/aromatic N) is 1. The largest absolute Gasteiger partial charge is 0.405 e. The highest BCUT2D eigenvalue weighted by Gasteiger charge is 2.37. The van der Waals surface area contributed by atoms with E-state index in [1.807, 2.05) is 5.32 Å². The van der Waals surface area contributed by atoms with E-state index in [-0.39, 0.29) is 22.2 Å². The molecule has 0 aliphatic carbocycles. The van der Waals surface area contributed by atoms with Crippen LogP contribution in [0.4, 0.5) is 13.2 Å². The molecule has 0 aromatic heterocycles. The monoisotopic (exact) mass is 352 g/mol.